The maximum absolute atomic E-state index is 12.4. The fraction of sp³-hybridized carbons (Fsp3) is 0.529. The third-order valence-electron chi connectivity index (χ3n) is 4.32. The van der Waals surface area contributed by atoms with Gasteiger partial charge in [-0.05, 0) is 45.0 Å². The molecule has 1 unspecified atom stereocenters. The number of likely N-dealkylation sites (tertiary alicyclic amines) is 1. The maximum atomic E-state index is 12.4. The Hall–Kier alpha value is -2.28. The largest absolute Gasteiger partial charge is 0.468 e. The van der Waals surface area contributed by atoms with E-state index in [1.54, 1.807) is 18.2 Å². The molecule has 0 aliphatic carbocycles. The van der Waals surface area contributed by atoms with Gasteiger partial charge in [-0.2, -0.15) is 0 Å². The van der Waals surface area contributed by atoms with Gasteiger partial charge < -0.3 is 19.2 Å². The molecule has 0 saturated carbocycles. The van der Waals surface area contributed by atoms with Crippen LogP contribution in [0.2, 0.25) is 0 Å². The molecule has 130 valence electrons. The Kier molecular flexibility index (Phi) is 5.20. The van der Waals surface area contributed by atoms with E-state index in [9.17, 15) is 4.79 Å². The number of rotatable bonds is 6. The lowest BCUT2D eigenvalue weighted by molar-refractivity contribution is 0.186. The van der Waals surface area contributed by atoms with Gasteiger partial charge in [0.1, 0.15) is 17.2 Å². The summed E-state index contributed by atoms with van der Waals surface area (Å²) >= 11 is 0. The van der Waals surface area contributed by atoms with Gasteiger partial charge in [-0.1, -0.05) is 5.16 Å². The van der Waals surface area contributed by atoms with Gasteiger partial charge in [-0.3, -0.25) is 4.90 Å². The minimum atomic E-state index is -0.133. The van der Waals surface area contributed by atoms with Gasteiger partial charge in [0.15, 0.2) is 0 Å². The van der Waals surface area contributed by atoms with E-state index in [0.717, 1.165) is 30.3 Å². The van der Waals surface area contributed by atoms with Crippen LogP contribution in [-0.2, 0) is 6.54 Å². The number of hydrogen-bond donors (Lipinski definition) is 1. The smallest absolute Gasteiger partial charge is 0.317 e. The first-order valence-corrected chi connectivity index (χ1v) is 8.32. The molecule has 1 N–H and O–H groups in total. The molecule has 0 radical (unpaired) electrons. The number of nitrogens with zero attached hydrogens (tertiary/aromatic N) is 3. The molecule has 7 heteroatoms. The SMILES string of the molecule is Cc1cc(CN(C)C(=O)NCC(c2ccco2)N2CCCC2)no1. The third kappa shape index (κ3) is 3.97. The van der Waals surface area contributed by atoms with Crippen molar-refractivity contribution in [2.45, 2.75) is 32.4 Å². The second kappa shape index (κ2) is 7.53. The van der Waals surface area contributed by atoms with Crippen LogP contribution in [0.5, 0.6) is 0 Å². The Balaban J connectivity index is 1.56. The second-order valence-electron chi connectivity index (χ2n) is 6.25. The van der Waals surface area contributed by atoms with Crippen molar-refractivity contribution in [3.05, 3.63) is 41.7 Å². The third-order valence-corrected chi connectivity index (χ3v) is 4.32. The van der Waals surface area contributed by atoms with Crippen LogP contribution in [-0.4, -0.2) is 47.7 Å². The van der Waals surface area contributed by atoms with Crippen molar-refractivity contribution in [2.24, 2.45) is 0 Å². The molecular weight excluding hydrogens is 308 g/mol. The monoisotopic (exact) mass is 332 g/mol. The van der Waals surface area contributed by atoms with Gasteiger partial charge in [0.05, 0.1) is 18.8 Å². The van der Waals surface area contributed by atoms with Crippen LogP contribution < -0.4 is 5.32 Å². The van der Waals surface area contributed by atoms with Crippen LogP contribution in [0.4, 0.5) is 4.79 Å². The predicted octanol–water partition coefficient (Wildman–Crippen LogP) is 2.55. The summed E-state index contributed by atoms with van der Waals surface area (Å²) in [6.45, 7) is 4.85. The van der Waals surface area contributed by atoms with Gasteiger partial charge in [0, 0.05) is 19.7 Å². The quantitative estimate of drug-likeness (QED) is 0.880. The van der Waals surface area contributed by atoms with E-state index in [2.05, 4.69) is 15.4 Å². The Morgan fingerprint density at radius 2 is 2.25 bits per heavy atom. The molecule has 2 amide bonds. The minimum absolute atomic E-state index is 0.0779. The fourth-order valence-corrected chi connectivity index (χ4v) is 3.07. The first-order valence-electron chi connectivity index (χ1n) is 8.32. The van der Waals surface area contributed by atoms with Crippen LogP contribution >= 0.6 is 0 Å². The van der Waals surface area contributed by atoms with Crippen molar-refractivity contribution < 1.29 is 13.7 Å². The molecule has 2 aromatic heterocycles. The number of carbonyl (C=O) groups excluding carboxylic acids is 1. The Morgan fingerprint density at radius 1 is 1.46 bits per heavy atom. The van der Waals surface area contributed by atoms with Crippen LogP contribution in [0.25, 0.3) is 0 Å². The summed E-state index contributed by atoms with van der Waals surface area (Å²) in [6, 6.07) is 5.64. The van der Waals surface area contributed by atoms with Gasteiger partial charge in [0.25, 0.3) is 0 Å². The number of urea groups is 1. The summed E-state index contributed by atoms with van der Waals surface area (Å²) in [4.78, 5) is 16.3. The molecule has 3 heterocycles. The van der Waals surface area contributed by atoms with E-state index >= 15 is 0 Å². The van der Waals surface area contributed by atoms with Crippen LogP contribution in [0.3, 0.4) is 0 Å². The normalized spacial score (nSPS) is 16.2. The zero-order valence-electron chi connectivity index (χ0n) is 14.2. The molecule has 1 atom stereocenters. The highest BCUT2D eigenvalue weighted by Crippen LogP contribution is 2.24. The molecule has 1 fully saturated rings. The first kappa shape index (κ1) is 16.6. The number of carbonyl (C=O) groups is 1. The molecule has 0 spiro atoms. The highest BCUT2D eigenvalue weighted by Gasteiger charge is 2.26. The van der Waals surface area contributed by atoms with E-state index < -0.39 is 0 Å². The summed E-state index contributed by atoms with van der Waals surface area (Å²) in [7, 11) is 1.75. The number of furan rings is 1. The Bertz CT molecular complexity index is 647. The molecule has 0 bridgehead atoms. The lowest BCUT2D eigenvalue weighted by atomic mass is 10.2. The molecule has 1 aliphatic heterocycles. The number of amides is 2. The van der Waals surface area contributed by atoms with Gasteiger partial charge in [-0.25, -0.2) is 4.79 Å². The highest BCUT2D eigenvalue weighted by molar-refractivity contribution is 5.73. The number of hydrogen-bond acceptors (Lipinski definition) is 5. The summed E-state index contributed by atoms with van der Waals surface area (Å²) < 4.78 is 10.6. The highest BCUT2D eigenvalue weighted by atomic mass is 16.5. The zero-order valence-corrected chi connectivity index (χ0v) is 14.2. The van der Waals surface area contributed by atoms with Crippen molar-refractivity contribution in [2.75, 3.05) is 26.7 Å². The fourth-order valence-electron chi connectivity index (χ4n) is 3.07. The van der Waals surface area contributed by atoms with Crippen molar-refractivity contribution >= 4 is 6.03 Å². The molecule has 0 aromatic carbocycles. The lowest BCUT2D eigenvalue weighted by Gasteiger charge is -2.27. The summed E-state index contributed by atoms with van der Waals surface area (Å²) in [5.74, 6) is 1.64. The van der Waals surface area contributed by atoms with E-state index in [4.69, 9.17) is 8.94 Å². The number of aryl methyl sites for hydroxylation is 1. The Morgan fingerprint density at radius 3 is 2.88 bits per heavy atom. The molecule has 7 nitrogen and oxygen atoms in total. The summed E-state index contributed by atoms with van der Waals surface area (Å²) in [5.41, 5.74) is 0.743. The van der Waals surface area contributed by atoms with Gasteiger partial charge >= 0.3 is 6.03 Å². The van der Waals surface area contributed by atoms with E-state index in [-0.39, 0.29) is 12.1 Å². The van der Waals surface area contributed by atoms with Gasteiger partial charge in [-0.15, -0.1) is 0 Å². The maximum Gasteiger partial charge on any atom is 0.317 e. The minimum Gasteiger partial charge on any atom is -0.468 e. The van der Waals surface area contributed by atoms with E-state index in [0.29, 0.717) is 13.1 Å². The van der Waals surface area contributed by atoms with Crippen molar-refractivity contribution in [3.8, 4) is 0 Å². The predicted molar refractivity (Wildman–Crippen MR) is 88.4 cm³/mol. The molecule has 1 saturated heterocycles. The average Bonchev–Trinajstić information content (AvgIpc) is 3.30. The summed E-state index contributed by atoms with van der Waals surface area (Å²) in [5, 5.41) is 6.92. The summed E-state index contributed by atoms with van der Waals surface area (Å²) in [6.07, 6.45) is 4.06. The standard InChI is InChI=1S/C17H24N4O3/c1-13-10-14(19-24-13)12-20(2)17(22)18-11-15(16-6-5-9-23-16)21-7-3-4-8-21/h5-6,9-10,15H,3-4,7-8,11-12H2,1-2H3,(H,18,22). The molecule has 1 aliphatic rings. The average molecular weight is 332 g/mol. The van der Waals surface area contributed by atoms with Crippen molar-refractivity contribution in [1.29, 1.82) is 0 Å². The van der Waals surface area contributed by atoms with Crippen LogP contribution in [0, 0.1) is 6.92 Å². The lowest BCUT2D eigenvalue weighted by Crippen LogP contribution is -2.42. The number of nitrogens with one attached hydrogen (secondary N) is 1. The molecule has 3 rings (SSSR count). The molecule has 2 aromatic rings. The topological polar surface area (TPSA) is 74.8 Å². The van der Waals surface area contributed by atoms with Crippen LogP contribution in [0.15, 0.2) is 33.4 Å². The van der Waals surface area contributed by atoms with Gasteiger partial charge in [0.2, 0.25) is 0 Å². The van der Waals surface area contributed by atoms with E-state index in [1.165, 1.54) is 12.8 Å². The van der Waals surface area contributed by atoms with Crippen molar-refractivity contribution in [1.82, 2.24) is 20.3 Å². The first-order chi connectivity index (χ1) is 11.6. The molecular formula is C17H24N4O3. The van der Waals surface area contributed by atoms with Crippen LogP contribution in [0.1, 0.15) is 36.1 Å². The van der Waals surface area contributed by atoms with E-state index in [1.807, 2.05) is 25.1 Å². The Labute approximate surface area is 141 Å². The zero-order chi connectivity index (χ0) is 16.9. The number of aromatic nitrogens is 1. The second-order valence-corrected chi connectivity index (χ2v) is 6.25. The molecule has 24 heavy (non-hydrogen) atoms. The van der Waals surface area contributed by atoms with Crippen molar-refractivity contribution in [3.63, 3.8) is 0 Å².